The Labute approximate surface area is 133 Å². The molecule has 21 heavy (non-hydrogen) atoms. The van der Waals surface area contributed by atoms with Crippen molar-refractivity contribution in [2.75, 3.05) is 7.05 Å². The average molecular weight is 325 g/mol. The standard InChI is InChI=1S/C15H17ClN2O2S/c1-10-8-12(17-20-10)9-18(3)15(19)11(2)21-14-7-5-4-6-13(14)16/h4-8,11H,9H2,1-3H3. The molecule has 2 rings (SSSR count). The highest BCUT2D eigenvalue weighted by molar-refractivity contribution is 8.00. The molecule has 0 fully saturated rings. The molecule has 0 saturated heterocycles. The van der Waals surface area contributed by atoms with Crippen molar-refractivity contribution in [2.24, 2.45) is 0 Å². The molecule has 1 amide bonds. The fourth-order valence-electron chi connectivity index (χ4n) is 1.90. The predicted octanol–water partition coefficient (Wildman–Crippen LogP) is 3.78. The molecule has 0 saturated carbocycles. The molecule has 112 valence electrons. The summed E-state index contributed by atoms with van der Waals surface area (Å²) in [7, 11) is 1.76. The zero-order chi connectivity index (χ0) is 15.4. The summed E-state index contributed by atoms with van der Waals surface area (Å²) in [6.07, 6.45) is 0. The summed E-state index contributed by atoms with van der Waals surface area (Å²) >= 11 is 7.57. The largest absolute Gasteiger partial charge is 0.361 e. The van der Waals surface area contributed by atoms with Crippen molar-refractivity contribution in [1.29, 1.82) is 0 Å². The summed E-state index contributed by atoms with van der Waals surface area (Å²) < 4.78 is 5.01. The van der Waals surface area contributed by atoms with Crippen LogP contribution in [-0.2, 0) is 11.3 Å². The summed E-state index contributed by atoms with van der Waals surface area (Å²) in [6, 6.07) is 9.35. The molecule has 0 spiro atoms. The number of rotatable bonds is 5. The third kappa shape index (κ3) is 4.25. The molecular weight excluding hydrogens is 308 g/mol. The van der Waals surface area contributed by atoms with Gasteiger partial charge in [-0.1, -0.05) is 28.9 Å². The Kier molecular flexibility index (Phi) is 5.31. The number of thioether (sulfide) groups is 1. The van der Waals surface area contributed by atoms with Crippen LogP contribution in [0.1, 0.15) is 18.4 Å². The molecule has 0 bridgehead atoms. The van der Waals surface area contributed by atoms with E-state index in [-0.39, 0.29) is 11.2 Å². The fraction of sp³-hybridized carbons (Fsp3) is 0.333. The van der Waals surface area contributed by atoms with Crippen molar-refractivity contribution >= 4 is 29.3 Å². The van der Waals surface area contributed by atoms with Crippen LogP contribution < -0.4 is 0 Å². The number of carbonyl (C=O) groups excluding carboxylic acids is 1. The first kappa shape index (κ1) is 15.9. The van der Waals surface area contributed by atoms with Gasteiger partial charge < -0.3 is 9.42 Å². The van der Waals surface area contributed by atoms with Crippen molar-refractivity contribution < 1.29 is 9.32 Å². The van der Waals surface area contributed by atoms with E-state index >= 15 is 0 Å². The first-order chi connectivity index (χ1) is 9.97. The van der Waals surface area contributed by atoms with Crippen LogP contribution in [-0.4, -0.2) is 28.3 Å². The van der Waals surface area contributed by atoms with Crippen LogP contribution >= 0.6 is 23.4 Å². The molecule has 0 aliphatic heterocycles. The van der Waals surface area contributed by atoms with Gasteiger partial charge in [-0.2, -0.15) is 0 Å². The summed E-state index contributed by atoms with van der Waals surface area (Å²) in [5.41, 5.74) is 0.748. The molecule has 1 heterocycles. The van der Waals surface area contributed by atoms with E-state index in [2.05, 4.69) is 5.16 Å². The molecule has 1 aromatic heterocycles. The molecule has 0 radical (unpaired) electrons. The first-order valence-electron chi connectivity index (χ1n) is 6.55. The zero-order valence-corrected chi connectivity index (χ0v) is 13.7. The second kappa shape index (κ2) is 7.00. The molecule has 2 aromatic rings. The van der Waals surface area contributed by atoms with E-state index in [9.17, 15) is 4.79 Å². The minimum absolute atomic E-state index is 0.0283. The van der Waals surface area contributed by atoms with Crippen molar-refractivity contribution in [3.05, 3.63) is 46.8 Å². The van der Waals surface area contributed by atoms with Crippen LogP contribution in [0.2, 0.25) is 5.02 Å². The highest BCUT2D eigenvalue weighted by atomic mass is 35.5. The minimum Gasteiger partial charge on any atom is -0.361 e. The van der Waals surface area contributed by atoms with Gasteiger partial charge in [0.05, 0.1) is 16.8 Å². The van der Waals surface area contributed by atoms with Gasteiger partial charge in [0.25, 0.3) is 0 Å². The first-order valence-corrected chi connectivity index (χ1v) is 7.81. The van der Waals surface area contributed by atoms with Crippen LogP contribution in [0.15, 0.2) is 39.8 Å². The average Bonchev–Trinajstić information content (AvgIpc) is 2.85. The third-order valence-electron chi connectivity index (χ3n) is 2.94. The van der Waals surface area contributed by atoms with E-state index < -0.39 is 0 Å². The Hall–Kier alpha value is -1.46. The molecule has 0 aliphatic rings. The number of nitrogens with zero attached hydrogens (tertiary/aromatic N) is 2. The van der Waals surface area contributed by atoms with E-state index in [1.165, 1.54) is 11.8 Å². The van der Waals surface area contributed by atoms with E-state index in [0.29, 0.717) is 11.6 Å². The summed E-state index contributed by atoms with van der Waals surface area (Å²) in [6.45, 7) is 4.14. The zero-order valence-electron chi connectivity index (χ0n) is 12.2. The highest BCUT2D eigenvalue weighted by Gasteiger charge is 2.20. The van der Waals surface area contributed by atoms with E-state index in [1.807, 2.05) is 44.2 Å². The number of hydrogen-bond donors (Lipinski definition) is 0. The third-order valence-corrected chi connectivity index (χ3v) is 4.55. The van der Waals surface area contributed by atoms with Crippen molar-refractivity contribution in [3.8, 4) is 0 Å². The minimum atomic E-state index is -0.220. The van der Waals surface area contributed by atoms with Crippen molar-refractivity contribution in [3.63, 3.8) is 0 Å². The van der Waals surface area contributed by atoms with Gasteiger partial charge in [0.15, 0.2) is 0 Å². The van der Waals surface area contributed by atoms with Crippen LogP contribution in [0.3, 0.4) is 0 Å². The lowest BCUT2D eigenvalue weighted by Crippen LogP contribution is -2.32. The molecule has 1 atom stereocenters. The molecule has 6 heteroatoms. The lowest BCUT2D eigenvalue weighted by Gasteiger charge is -2.20. The topological polar surface area (TPSA) is 46.3 Å². The van der Waals surface area contributed by atoms with Gasteiger partial charge >= 0.3 is 0 Å². The SMILES string of the molecule is Cc1cc(CN(C)C(=O)C(C)Sc2ccccc2Cl)no1. The van der Waals surface area contributed by atoms with Crippen LogP contribution in [0.5, 0.6) is 0 Å². The molecule has 0 N–H and O–H groups in total. The fourth-order valence-corrected chi connectivity index (χ4v) is 3.17. The van der Waals surface area contributed by atoms with Crippen LogP contribution in [0, 0.1) is 6.92 Å². The Morgan fingerprint density at radius 2 is 2.19 bits per heavy atom. The lowest BCUT2D eigenvalue weighted by molar-refractivity contribution is -0.129. The number of aryl methyl sites for hydroxylation is 1. The highest BCUT2D eigenvalue weighted by Crippen LogP contribution is 2.30. The van der Waals surface area contributed by atoms with E-state index in [4.69, 9.17) is 16.1 Å². The maximum atomic E-state index is 12.4. The van der Waals surface area contributed by atoms with Gasteiger partial charge in [-0.15, -0.1) is 11.8 Å². The molecule has 4 nitrogen and oxygen atoms in total. The van der Waals surface area contributed by atoms with E-state index in [1.54, 1.807) is 11.9 Å². The van der Waals surface area contributed by atoms with Gasteiger partial charge in [0, 0.05) is 18.0 Å². The summed E-state index contributed by atoms with van der Waals surface area (Å²) in [5.74, 6) is 0.768. The number of benzene rings is 1. The Bertz CT molecular complexity index is 630. The molecule has 1 unspecified atom stereocenters. The van der Waals surface area contributed by atoms with Gasteiger partial charge in [-0.3, -0.25) is 4.79 Å². The maximum absolute atomic E-state index is 12.4. The van der Waals surface area contributed by atoms with E-state index in [0.717, 1.165) is 16.3 Å². The van der Waals surface area contributed by atoms with Crippen molar-refractivity contribution in [2.45, 2.75) is 30.5 Å². The predicted molar refractivity (Wildman–Crippen MR) is 84.5 cm³/mol. The number of halogens is 1. The lowest BCUT2D eigenvalue weighted by atomic mass is 10.3. The Morgan fingerprint density at radius 1 is 1.48 bits per heavy atom. The number of aromatic nitrogens is 1. The van der Waals surface area contributed by atoms with Crippen molar-refractivity contribution in [1.82, 2.24) is 10.1 Å². The van der Waals surface area contributed by atoms with Crippen LogP contribution in [0.4, 0.5) is 0 Å². The normalized spacial score (nSPS) is 12.2. The van der Waals surface area contributed by atoms with Gasteiger partial charge in [-0.25, -0.2) is 0 Å². The summed E-state index contributed by atoms with van der Waals surface area (Å²) in [4.78, 5) is 14.9. The molecular formula is C15H17ClN2O2S. The Morgan fingerprint density at radius 3 is 2.81 bits per heavy atom. The number of carbonyl (C=O) groups is 1. The van der Waals surface area contributed by atoms with Crippen LogP contribution in [0.25, 0.3) is 0 Å². The molecule has 0 aliphatic carbocycles. The molecule has 1 aromatic carbocycles. The monoisotopic (exact) mass is 324 g/mol. The maximum Gasteiger partial charge on any atom is 0.235 e. The second-order valence-electron chi connectivity index (χ2n) is 4.81. The summed E-state index contributed by atoms with van der Waals surface area (Å²) in [5, 5.41) is 4.34. The number of hydrogen-bond acceptors (Lipinski definition) is 4. The van der Waals surface area contributed by atoms with Gasteiger partial charge in [0.1, 0.15) is 11.5 Å². The Balaban J connectivity index is 1.97. The quantitative estimate of drug-likeness (QED) is 0.785. The van der Waals surface area contributed by atoms with Gasteiger partial charge in [-0.05, 0) is 26.0 Å². The van der Waals surface area contributed by atoms with Gasteiger partial charge in [0.2, 0.25) is 5.91 Å². The second-order valence-corrected chi connectivity index (χ2v) is 6.60. The number of amides is 1. The smallest absolute Gasteiger partial charge is 0.235 e.